The van der Waals surface area contributed by atoms with Gasteiger partial charge in [0, 0.05) is 0 Å². The summed E-state index contributed by atoms with van der Waals surface area (Å²) in [6.07, 6.45) is 8.48. The van der Waals surface area contributed by atoms with Gasteiger partial charge in [-0.2, -0.15) is 0 Å². The lowest BCUT2D eigenvalue weighted by Gasteiger charge is -2.14. The third-order valence-electron chi connectivity index (χ3n) is 2.79. The van der Waals surface area contributed by atoms with E-state index in [4.69, 9.17) is 0 Å². The highest BCUT2D eigenvalue weighted by molar-refractivity contribution is 4.67. The van der Waals surface area contributed by atoms with Gasteiger partial charge in [0.05, 0.1) is 0 Å². The van der Waals surface area contributed by atoms with Crippen LogP contribution in [0.2, 0.25) is 0 Å². The Kier molecular flexibility index (Phi) is 6.71. The fraction of sp³-hybridized carbons (Fsp3) is 0.833. The minimum atomic E-state index is 1.14. The van der Waals surface area contributed by atoms with Crippen LogP contribution in [-0.4, -0.2) is 37.6 Å². The highest BCUT2D eigenvalue weighted by atomic mass is 15.1. The quantitative estimate of drug-likeness (QED) is 0.472. The summed E-state index contributed by atoms with van der Waals surface area (Å²) in [6, 6.07) is 0. The zero-order valence-corrected chi connectivity index (χ0v) is 9.30. The molecular weight excluding hydrogens is 172 g/mol. The number of allylic oxidation sites excluding steroid dienone is 1. The summed E-state index contributed by atoms with van der Waals surface area (Å²) in [7, 11) is 0. The van der Waals surface area contributed by atoms with Gasteiger partial charge in [-0.25, -0.2) is 0 Å². The summed E-state index contributed by atoms with van der Waals surface area (Å²) in [5.41, 5.74) is 0. The maximum Gasteiger partial charge on any atom is -0.000664 e. The van der Waals surface area contributed by atoms with E-state index >= 15 is 0 Å². The van der Waals surface area contributed by atoms with Crippen molar-refractivity contribution in [1.82, 2.24) is 10.2 Å². The van der Waals surface area contributed by atoms with Crippen molar-refractivity contribution in [2.75, 3.05) is 32.7 Å². The molecule has 1 N–H and O–H groups in total. The number of hydrogen-bond donors (Lipinski definition) is 1. The smallest absolute Gasteiger partial charge is 0.000664 e. The van der Waals surface area contributed by atoms with Crippen LogP contribution >= 0.6 is 0 Å². The Morgan fingerprint density at radius 2 is 1.86 bits per heavy atom. The molecule has 1 aliphatic rings. The second kappa shape index (κ2) is 8.01. The zero-order valence-electron chi connectivity index (χ0n) is 9.30. The molecular formula is C12H24N2. The zero-order chi connectivity index (χ0) is 10.1. The Balaban J connectivity index is 1.77. The molecule has 0 atom stereocenters. The average Bonchev–Trinajstić information content (AvgIpc) is 2.69. The van der Waals surface area contributed by atoms with Crippen LogP contribution in [0.5, 0.6) is 0 Å². The van der Waals surface area contributed by atoms with E-state index in [1.54, 1.807) is 0 Å². The highest BCUT2D eigenvalue weighted by Crippen LogP contribution is 2.06. The lowest BCUT2D eigenvalue weighted by molar-refractivity contribution is 0.331. The molecule has 1 saturated heterocycles. The first-order chi connectivity index (χ1) is 6.93. The van der Waals surface area contributed by atoms with Crippen LogP contribution < -0.4 is 5.32 Å². The van der Waals surface area contributed by atoms with Crippen LogP contribution in [0.3, 0.4) is 0 Å². The molecule has 1 rings (SSSR count). The van der Waals surface area contributed by atoms with Crippen molar-refractivity contribution in [3.8, 4) is 0 Å². The summed E-state index contributed by atoms with van der Waals surface area (Å²) in [4.78, 5) is 2.57. The van der Waals surface area contributed by atoms with Gasteiger partial charge in [-0.3, -0.25) is 0 Å². The summed E-state index contributed by atoms with van der Waals surface area (Å²) in [5, 5.41) is 3.47. The van der Waals surface area contributed by atoms with E-state index < -0.39 is 0 Å². The number of rotatable bonds is 8. The lowest BCUT2D eigenvalue weighted by Crippen LogP contribution is -2.25. The molecule has 0 saturated carbocycles. The van der Waals surface area contributed by atoms with Crippen molar-refractivity contribution in [3.63, 3.8) is 0 Å². The van der Waals surface area contributed by atoms with E-state index in [9.17, 15) is 0 Å². The van der Waals surface area contributed by atoms with Crippen LogP contribution in [0.4, 0.5) is 0 Å². The van der Waals surface area contributed by atoms with Gasteiger partial charge >= 0.3 is 0 Å². The Hall–Kier alpha value is -0.340. The molecule has 1 heterocycles. The predicted molar refractivity (Wildman–Crippen MR) is 62.6 cm³/mol. The molecule has 0 aliphatic carbocycles. The Morgan fingerprint density at radius 3 is 2.57 bits per heavy atom. The average molecular weight is 196 g/mol. The third-order valence-corrected chi connectivity index (χ3v) is 2.79. The molecule has 82 valence electrons. The first-order valence-corrected chi connectivity index (χ1v) is 5.97. The van der Waals surface area contributed by atoms with Crippen molar-refractivity contribution in [2.45, 2.75) is 32.1 Å². The molecule has 0 radical (unpaired) electrons. The van der Waals surface area contributed by atoms with Gasteiger partial charge in [0.15, 0.2) is 0 Å². The van der Waals surface area contributed by atoms with Crippen molar-refractivity contribution in [1.29, 1.82) is 0 Å². The summed E-state index contributed by atoms with van der Waals surface area (Å²) in [6.45, 7) is 9.98. The molecule has 1 aliphatic heterocycles. The monoisotopic (exact) mass is 196 g/mol. The Morgan fingerprint density at radius 1 is 1.14 bits per heavy atom. The molecule has 0 aromatic heterocycles. The summed E-state index contributed by atoms with van der Waals surface area (Å²) < 4.78 is 0. The van der Waals surface area contributed by atoms with Gasteiger partial charge in [0.1, 0.15) is 0 Å². The molecule has 14 heavy (non-hydrogen) atoms. The maximum absolute atomic E-state index is 3.71. The fourth-order valence-electron chi connectivity index (χ4n) is 1.93. The van der Waals surface area contributed by atoms with Crippen molar-refractivity contribution < 1.29 is 0 Å². The first kappa shape index (κ1) is 11.7. The largest absolute Gasteiger partial charge is 0.317 e. The van der Waals surface area contributed by atoms with Gasteiger partial charge in [-0.1, -0.05) is 6.08 Å². The second-order valence-electron chi connectivity index (χ2n) is 4.08. The van der Waals surface area contributed by atoms with E-state index in [1.807, 2.05) is 6.08 Å². The van der Waals surface area contributed by atoms with Gasteiger partial charge in [0.25, 0.3) is 0 Å². The maximum atomic E-state index is 3.71. The van der Waals surface area contributed by atoms with Crippen LogP contribution in [0.1, 0.15) is 32.1 Å². The minimum Gasteiger partial charge on any atom is -0.317 e. The van der Waals surface area contributed by atoms with E-state index in [2.05, 4.69) is 16.8 Å². The van der Waals surface area contributed by atoms with E-state index in [1.165, 1.54) is 51.9 Å². The normalized spacial score (nSPS) is 17.4. The van der Waals surface area contributed by atoms with Crippen LogP contribution in [0, 0.1) is 0 Å². The lowest BCUT2D eigenvalue weighted by atomic mass is 10.3. The molecule has 1 fully saturated rings. The number of nitrogens with one attached hydrogen (secondary N) is 1. The highest BCUT2D eigenvalue weighted by Gasteiger charge is 2.09. The first-order valence-electron chi connectivity index (χ1n) is 5.97. The van der Waals surface area contributed by atoms with Crippen LogP contribution in [-0.2, 0) is 0 Å². The molecule has 0 spiro atoms. The third kappa shape index (κ3) is 5.40. The van der Waals surface area contributed by atoms with Crippen LogP contribution in [0.15, 0.2) is 12.7 Å². The molecule has 2 heteroatoms. The van der Waals surface area contributed by atoms with Gasteiger partial charge in [-0.15, -0.1) is 6.58 Å². The summed E-state index contributed by atoms with van der Waals surface area (Å²) >= 11 is 0. The SMILES string of the molecule is C=CCCCNCCCN1CCCC1. The number of hydrogen-bond acceptors (Lipinski definition) is 2. The summed E-state index contributed by atoms with van der Waals surface area (Å²) in [5.74, 6) is 0. The van der Waals surface area contributed by atoms with Crippen molar-refractivity contribution >= 4 is 0 Å². The van der Waals surface area contributed by atoms with Gasteiger partial charge in [-0.05, 0) is 64.8 Å². The minimum absolute atomic E-state index is 1.14. The fourth-order valence-corrected chi connectivity index (χ4v) is 1.93. The molecule has 0 aromatic rings. The molecule has 0 amide bonds. The molecule has 0 unspecified atom stereocenters. The van der Waals surface area contributed by atoms with Gasteiger partial charge < -0.3 is 10.2 Å². The predicted octanol–water partition coefficient (Wildman–Crippen LogP) is 2.03. The van der Waals surface area contributed by atoms with Crippen molar-refractivity contribution in [2.24, 2.45) is 0 Å². The molecule has 0 aromatic carbocycles. The second-order valence-corrected chi connectivity index (χ2v) is 4.08. The van der Waals surface area contributed by atoms with Crippen molar-refractivity contribution in [3.05, 3.63) is 12.7 Å². The van der Waals surface area contributed by atoms with E-state index in [0.29, 0.717) is 0 Å². The standard InChI is InChI=1S/C12H24N2/c1-2-3-4-8-13-9-7-12-14-10-5-6-11-14/h2,13H,1,3-12H2. The number of nitrogens with zero attached hydrogens (tertiary/aromatic N) is 1. The van der Waals surface area contributed by atoms with Gasteiger partial charge in [0.2, 0.25) is 0 Å². The van der Waals surface area contributed by atoms with E-state index in [0.717, 1.165) is 13.0 Å². The van der Waals surface area contributed by atoms with E-state index in [-0.39, 0.29) is 0 Å². The Bertz CT molecular complexity index is 139. The van der Waals surface area contributed by atoms with Crippen LogP contribution in [0.25, 0.3) is 0 Å². The Labute approximate surface area is 88.4 Å². The number of likely N-dealkylation sites (tertiary alicyclic amines) is 1. The number of unbranched alkanes of at least 4 members (excludes halogenated alkanes) is 1. The topological polar surface area (TPSA) is 15.3 Å². The molecule has 0 bridgehead atoms. The molecule has 2 nitrogen and oxygen atoms in total.